The average molecular weight is 771 g/mol. The quantitative estimate of drug-likeness (QED) is 0.106. The van der Waals surface area contributed by atoms with Gasteiger partial charge >= 0.3 is 25.7 Å². The van der Waals surface area contributed by atoms with Gasteiger partial charge in [-0.2, -0.15) is 15.4 Å². The zero-order chi connectivity index (χ0) is 40.0. The number of nitrogens with one attached hydrogen (secondary N) is 1. The molecule has 1 aliphatic rings. The molecule has 3 aromatic rings. The number of esters is 3. The van der Waals surface area contributed by atoms with Gasteiger partial charge in [-0.3, -0.25) is 18.9 Å². The summed E-state index contributed by atoms with van der Waals surface area (Å²) in [6, 6.07) is 10.9. The number of ether oxygens (including phenoxy) is 4. The molecule has 3 N–H and O–H groups in total. The maximum atomic E-state index is 14.6. The van der Waals surface area contributed by atoms with E-state index in [0.717, 1.165) is 5.56 Å². The van der Waals surface area contributed by atoms with Crippen molar-refractivity contribution in [3.05, 3.63) is 54.0 Å². The highest BCUT2D eigenvalue weighted by molar-refractivity contribution is 7.52. The van der Waals surface area contributed by atoms with Gasteiger partial charge in [-0.25, -0.2) is 14.1 Å². The molecule has 0 radical (unpaired) electrons. The lowest BCUT2D eigenvalue weighted by Crippen LogP contribution is -2.46. The smallest absolute Gasteiger partial charge is 0.459 e. The molecule has 54 heavy (non-hydrogen) atoms. The van der Waals surface area contributed by atoms with Gasteiger partial charge in [-0.1, -0.05) is 60.6 Å². The third kappa shape index (κ3) is 9.95. The van der Waals surface area contributed by atoms with Crippen LogP contribution in [0.2, 0.25) is 0 Å². The average Bonchev–Trinajstić information content (AvgIpc) is 3.63. The Morgan fingerprint density at radius 3 is 2.24 bits per heavy atom. The number of fused-ring (bicyclic) bond motifs is 1. The van der Waals surface area contributed by atoms with Crippen molar-refractivity contribution in [2.24, 2.45) is 11.8 Å². The van der Waals surface area contributed by atoms with Gasteiger partial charge in [0.1, 0.15) is 35.8 Å². The highest BCUT2D eigenvalue weighted by atomic mass is 31.2. The highest BCUT2D eigenvalue weighted by Crippen LogP contribution is 2.49. The van der Waals surface area contributed by atoms with Crippen molar-refractivity contribution in [2.75, 3.05) is 18.9 Å². The van der Waals surface area contributed by atoms with Crippen molar-refractivity contribution in [1.82, 2.24) is 19.7 Å². The normalized spacial score (nSPS) is 21.7. The van der Waals surface area contributed by atoms with Crippen LogP contribution in [0.1, 0.15) is 86.4 Å². The van der Waals surface area contributed by atoms with E-state index in [4.69, 9.17) is 33.7 Å². The molecule has 1 aliphatic heterocycles. The molecule has 0 amide bonds. The Hall–Kier alpha value is -4.55. The fraction of sp³-hybridized carbons (Fsp3) is 0.568. The molecule has 294 valence electrons. The van der Waals surface area contributed by atoms with E-state index in [1.54, 1.807) is 25.1 Å². The van der Waals surface area contributed by atoms with Crippen molar-refractivity contribution >= 4 is 37.0 Å². The van der Waals surface area contributed by atoms with Crippen LogP contribution in [0.3, 0.4) is 0 Å². The number of anilines is 1. The number of hydrogen-bond donors (Lipinski definition) is 2. The van der Waals surface area contributed by atoms with Crippen LogP contribution in [-0.4, -0.2) is 70.1 Å². The second-order valence-electron chi connectivity index (χ2n) is 15.0. The molecule has 0 aliphatic carbocycles. The molecule has 0 saturated carbocycles. The monoisotopic (exact) mass is 770 g/mol. The van der Waals surface area contributed by atoms with Gasteiger partial charge in [0, 0.05) is 12.8 Å². The van der Waals surface area contributed by atoms with E-state index in [1.807, 2.05) is 60.6 Å². The molecule has 0 bridgehead atoms. The SMILES string of the molecule is CCOC(=O)[C@H](C)NP(=O)(OC[C@H]1O[C@@](C#N)(c2ccc3c(N)ncnn23)[C@H](OC(=O)CC(C)C)[C@@H]1OC(=O)CC(C)C)Oc1ccc(C(C)(C)C)cc1. The summed E-state index contributed by atoms with van der Waals surface area (Å²) in [5.74, 6) is -2.03. The van der Waals surface area contributed by atoms with Crippen LogP contribution in [-0.2, 0) is 53.4 Å². The molecule has 2 aromatic heterocycles. The third-order valence-corrected chi connectivity index (χ3v) is 10.1. The van der Waals surface area contributed by atoms with E-state index in [-0.39, 0.29) is 54.0 Å². The number of rotatable bonds is 16. The highest BCUT2D eigenvalue weighted by Gasteiger charge is 2.63. The predicted molar refractivity (Wildman–Crippen MR) is 197 cm³/mol. The number of aromatic nitrogens is 3. The van der Waals surface area contributed by atoms with Gasteiger partial charge in [-0.05, 0) is 60.9 Å². The minimum atomic E-state index is -4.49. The van der Waals surface area contributed by atoms with E-state index < -0.39 is 62.2 Å². The summed E-state index contributed by atoms with van der Waals surface area (Å²) in [5, 5.41) is 17.8. The lowest BCUT2D eigenvalue weighted by atomic mass is 9.87. The van der Waals surface area contributed by atoms with E-state index >= 15 is 0 Å². The zero-order valence-electron chi connectivity index (χ0n) is 32.2. The summed E-state index contributed by atoms with van der Waals surface area (Å²) in [5.41, 5.74) is 5.18. The Bertz CT molecular complexity index is 1890. The van der Waals surface area contributed by atoms with Gasteiger partial charge in [0.2, 0.25) is 5.60 Å². The molecule has 1 fully saturated rings. The predicted octanol–water partition coefficient (Wildman–Crippen LogP) is 5.39. The van der Waals surface area contributed by atoms with Gasteiger partial charge in [0.25, 0.3) is 0 Å². The zero-order valence-corrected chi connectivity index (χ0v) is 33.1. The first-order valence-electron chi connectivity index (χ1n) is 17.9. The molecule has 1 aromatic carbocycles. The molecule has 6 atom stereocenters. The number of carbonyl (C=O) groups excluding carboxylic acids is 3. The summed E-state index contributed by atoms with van der Waals surface area (Å²) >= 11 is 0. The summed E-state index contributed by atoms with van der Waals surface area (Å²) in [6.07, 6.45) is -3.27. The summed E-state index contributed by atoms with van der Waals surface area (Å²) < 4.78 is 51.3. The maximum Gasteiger partial charge on any atom is 0.459 e. The van der Waals surface area contributed by atoms with Crippen LogP contribution in [0.15, 0.2) is 42.7 Å². The largest absolute Gasteiger partial charge is 0.465 e. The molecule has 1 unspecified atom stereocenters. The molecule has 4 rings (SSSR count). The third-order valence-electron chi connectivity index (χ3n) is 8.45. The minimum Gasteiger partial charge on any atom is -0.465 e. The van der Waals surface area contributed by atoms with Crippen LogP contribution >= 0.6 is 7.75 Å². The first-order valence-corrected chi connectivity index (χ1v) is 19.4. The molecule has 16 nitrogen and oxygen atoms in total. The molecular formula is C37H51N6O10P. The van der Waals surface area contributed by atoms with Gasteiger partial charge in [0.05, 0.1) is 18.9 Å². The summed E-state index contributed by atoms with van der Waals surface area (Å²) in [4.78, 5) is 43.3. The molecule has 1 saturated heterocycles. The molecule has 3 heterocycles. The van der Waals surface area contributed by atoms with Gasteiger partial charge in [0.15, 0.2) is 18.0 Å². The van der Waals surface area contributed by atoms with E-state index in [1.165, 1.54) is 23.8 Å². The van der Waals surface area contributed by atoms with Crippen molar-refractivity contribution in [2.45, 2.75) is 111 Å². The fourth-order valence-electron chi connectivity index (χ4n) is 5.83. The summed E-state index contributed by atoms with van der Waals surface area (Å²) in [7, 11) is -4.49. The lowest BCUT2D eigenvalue weighted by Gasteiger charge is -2.29. The van der Waals surface area contributed by atoms with Crippen molar-refractivity contribution in [3.8, 4) is 11.8 Å². The van der Waals surface area contributed by atoms with Crippen molar-refractivity contribution in [3.63, 3.8) is 0 Å². The van der Waals surface area contributed by atoms with Crippen molar-refractivity contribution in [1.29, 1.82) is 5.26 Å². The Labute approximate surface area is 315 Å². The second-order valence-corrected chi connectivity index (χ2v) is 16.7. The number of carbonyl (C=O) groups is 3. The fourth-order valence-corrected chi connectivity index (χ4v) is 7.33. The first kappa shape index (κ1) is 42.2. The Morgan fingerprint density at radius 2 is 1.67 bits per heavy atom. The number of nitrogens with two attached hydrogens (primary N) is 1. The van der Waals surface area contributed by atoms with Gasteiger partial charge < -0.3 is 29.2 Å². The number of nitriles is 1. The van der Waals surface area contributed by atoms with Gasteiger partial charge in [-0.15, -0.1) is 0 Å². The van der Waals surface area contributed by atoms with Crippen LogP contribution in [0.4, 0.5) is 5.82 Å². The Morgan fingerprint density at radius 1 is 1.04 bits per heavy atom. The van der Waals surface area contributed by atoms with Crippen LogP contribution in [0.25, 0.3) is 5.52 Å². The minimum absolute atomic E-state index is 0.0150. The lowest BCUT2D eigenvalue weighted by molar-refractivity contribution is -0.170. The number of nitrogen functional groups attached to an aromatic ring is 1. The van der Waals surface area contributed by atoms with Crippen LogP contribution in [0, 0.1) is 23.2 Å². The topological polar surface area (TPSA) is 216 Å². The summed E-state index contributed by atoms with van der Waals surface area (Å²) in [6.45, 7) is 15.9. The van der Waals surface area contributed by atoms with Crippen LogP contribution < -0.4 is 15.3 Å². The number of nitrogens with zero attached hydrogens (tertiary/aromatic N) is 4. The number of benzene rings is 1. The van der Waals surface area contributed by atoms with Crippen molar-refractivity contribution < 1.29 is 46.9 Å². The molecular weight excluding hydrogens is 719 g/mol. The first-order chi connectivity index (χ1) is 25.3. The Kier molecular flexibility index (Phi) is 13.5. The standard InChI is InChI=1S/C37H51N6O10P/c1-10-48-35(46)24(6)42-54(47,53-26-13-11-25(12-14-26)36(7,8)9)49-19-28-32(50-30(44)17-22(2)3)33(51-31(45)18-23(4)5)37(20-38,52-28)29-16-15-27-34(39)40-21-41-43(27)29/h11-16,21-24,28,32-33H,10,17-19H2,1-9H3,(H,42,47)(H2,39,40,41)/t24-,28+,32+,33+,37-,54?/m0/s1. The van der Waals surface area contributed by atoms with E-state index in [9.17, 15) is 24.2 Å². The molecule has 17 heteroatoms. The Balaban J connectivity index is 1.80. The van der Waals surface area contributed by atoms with Crippen LogP contribution in [0.5, 0.6) is 5.75 Å². The maximum absolute atomic E-state index is 14.6. The molecule has 0 spiro atoms. The number of hydrogen-bond acceptors (Lipinski definition) is 14. The second kappa shape index (κ2) is 17.3. The van der Waals surface area contributed by atoms with E-state index in [2.05, 4.69) is 21.2 Å². The van der Waals surface area contributed by atoms with E-state index in [0.29, 0.717) is 5.52 Å².